The van der Waals surface area contributed by atoms with E-state index in [4.69, 9.17) is 16.3 Å². The number of rotatable bonds is 4. The van der Waals surface area contributed by atoms with Crippen molar-refractivity contribution in [3.63, 3.8) is 0 Å². The molecule has 0 radical (unpaired) electrons. The Bertz CT molecular complexity index is 591. The fraction of sp³-hybridized carbons (Fsp3) is 0.200. The molecule has 0 heterocycles. The summed E-state index contributed by atoms with van der Waals surface area (Å²) < 4.78 is 5.82. The second-order valence-electron chi connectivity index (χ2n) is 4.73. The lowest BCUT2D eigenvalue weighted by Gasteiger charge is -2.14. The highest BCUT2D eigenvalue weighted by atomic mass is 35.5. The molecular formula is C15H16BClO3. The minimum absolute atomic E-state index is 0.275. The maximum absolute atomic E-state index is 9.33. The van der Waals surface area contributed by atoms with E-state index in [1.807, 2.05) is 38.1 Å². The Hall–Kier alpha value is -1.49. The number of hydrogen-bond donors (Lipinski definition) is 2. The van der Waals surface area contributed by atoms with Crippen LogP contribution in [0.2, 0.25) is 5.02 Å². The van der Waals surface area contributed by atoms with E-state index in [-0.39, 0.29) is 6.61 Å². The first-order valence-electron chi connectivity index (χ1n) is 6.32. The molecule has 2 aromatic carbocycles. The van der Waals surface area contributed by atoms with Crippen LogP contribution in [0, 0.1) is 13.8 Å². The Morgan fingerprint density at radius 1 is 1.10 bits per heavy atom. The maximum atomic E-state index is 9.33. The molecule has 0 aliphatic rings. The van der Waals surface area contributed by atoms with Gasteiger partial charge in [-0.15, -0.1) is 0 Å². The predicted molar refractivity (Wildman–Crippen MR) is 81.5 cm³/mol. The molecule has 3 nitrogen and oxygen atoms in total. The molecule has 0 aliphatic heterocycles. The van der Waals surface area contributed by atoms with Crippen LogP contribution in [-0.4, -0.2) is 17.2 Å². The third-order valence-electron chi connectivity index (χ3n) is 3.13. The molecule has 0 atom stereocenters. The van der Waals surface area contributed by atoms with Crippen molar-refractivity contribution in [1.82, 2.24) is 0 Å². The van der Waals surface area contributed by atoms with Gasteiger partial charge in [-0.25, -0.2) is 0 Å². The van der Waals surface area contributed by atoms with Crippen LogP contribution in [0.25, 0.3) is 0 Å². The highest BCUT2D eigenvalue weighted by Crippen LogP contribution is 2.27. The van der Waals surface area contributed by atoms with Gasteiger partial charge >= 0.3 is 7.12 Å². The highest BCUT2D eigenvalue weighted by molar-refractivity contribution is 6.59. The minimum Gasteiger partial charge on any atom is -0.488 e. The van der Waals surface area contributed by atoms with Crippen LogP contribution in [0.4, 0.5) is 0 Å². The fourth-order valence-corrected chi connectivity index (χ4v) is 2.52. The van der Waals surface area contributed by atoms with Crippen molar-refractivity contribution in [2.75, 3.05) is 0 Å². The first-order valence-corrected chi connectivity index (χ1v) is 6.70. The van der Waals surface area contributed by atoms with Crippen LogP contribution in [0.3, 0.4) is 0 Å². The van der Waals surface area contributed by atoms with Crippen molar-refractivity contribution >= 4 is 24.2 Å². The number of benzene rings is 2. The molecule has 2 aromatic rings. The SMILES string of the molecule is Cc1cc(Cl)cc(C)c1OCc1ccccc1B(O)O. The summed E-state index contributed by atoms with van der Waals surface area (Å²) >= 11 is 5.98. The minimum atomic E-state index is -1.50. The summed E-state index contributed by atoms with van der Waals surface area (Å²) in [5, 5.41) is 19.3. The summed E-state index contributed by atoms with van der Waals surface area (Å²) in [5.41, 5.74) is 3.11. The zero-order chi connectivity index (χ0) is 14.7. The Morgan fingerprint density at radius 2 is 1.70 bits per heavy atom. The van der Waals surface area contributed by atoms with Gasteiger partial charge in [0.05, 0.1) is 0 Å². The summed E-state index contributed by atoms with van der Waals surface area (Å²) in [6, 6.07) is 10.8. The third-order valence-corrected chi connectivity index (χ3v) is 3.35. The van der Waals surface area contributed by atoms with Crippen molar-refractivity contribution in [2.24, 2.45) is 0 Å². The number of halogens is 1. The van der Waals surface area contributed by atoms with Gasteiger partial charge in [0.25, 0.3) is 0 Å². The molecule has 5 heteroatoms. The molecule has 0 amide bonds. The van der Waals surface area contributed by atoms with Crippen LogP contribution in [0.1, 0.15) is 16.7 Å². The molecule has 20 heavy (non-hydrogen) atoms. The lowest BCUT2D eigenvalue weighted by molar-refractivity contribution is 0.302. The van der Waals surface area contributed by atoms with Crippen LogP contribution in [-0.2, 0) is 6.61 Å². The average Bonchev–Trinajstić information content (AvgIpc) is 2.37. The van der Waals surface area contributed by atoms with Crippen molar-refractivity contribution in [3.8, 4) is 5.75 Å². The maximum Gasteiger partial charge on any atom is 0.488 e. The van der Waals surface area contributed by atoms with Gasteiger partial charge in [0.1, 0.15) is 12.4 Å². The standard InChI is InChI=1S/C15H16BClO3/c1-10-7-13(17)8-11(2)15(10)20-9-12-5-3-4-6-14(12)16(18)19/h3-8,18-19H,9H2,1-2H3. The normalized spacial score (nSPS) is 10.4. The number of aryl methyl sites for hydroxylation is 2. The van der Waals surface area contributed by atoms with Gasteiger partial charge in [-0.1, -0.05) is 35.9 Å². The van der Waals surface area contributed by atoms with E-state index in [1.54, 1.807) is 12.1 Å². The van der Waals surface area contributed by atoms with Gasteiger partial charge in [-0.05, 0) is 48.1 Å². The molecule has 2 rings (SSSR count). The van der Waals surface area contributed by atoms with E-state index in [1.165, 1.54) is 0 Å². The van der Waals surface area contributed by atoms with E-state index >= 15 is 0 Å². The largest absolute Gasteiger partial charge is 0.488 e. The van der Waals surface area contributed by atoms with Gasteiger partial charge < -0.3 is 14.8 Å². The summed E-state index contributed by atoms with van der Waals surface area (Å²) in [4.78, 5) is 0. The molecule has 0 unspecified atom stereocenters. The van der Waals surface area contributed by atoms with Crippen LogP contribution < -0.4 is 10.2 Å². The lowest BCUT2D eigenvalue weighted by Crippen LogP contribution is -2.33. The molecule has 104 valence electrons. The Balaban J connectivity index is 2.22. The number of hydrogen-bond acceptors (Lipinski definition) is 3. The van der Waals surface area contributed by atoms with Crippen molar-refractivity contribution < 1.29 is 14.8 Å². The zero-order valence-corrected chi connectivity index (χ0v) is 12.2. The molecule has 0 aromatic heterocycles. The Kier molecular flexibility index (Phi) is 4.71. The van der Waals surface area contributed by atoms with Gasteiger partial charge in [0, 0.05) is 5.02 Å². The smallest absolute Gasteiger partial charge is 0.488 e. The van der Waals surface area contributed by atoms with E-state index in [0.29, 0.717) is 10.5 Å². The lowest BCUT2D eigenvalue weighted by atomic mass is 9.77. The second kappa shape index (κ2) is 6.31. The molecule has 0 bridgehead atoms. The van der Waals surface area contributed by atoms with Crippen molar-refractivity contribution in [1.29, 1.82) is 0 Å². The first kappa shape index (κ1) is 14.9. The summed E-state index contributed by atoms with van der Waals surface area (Å²) in [7, 11) is -1.50. The van der Waals surface area contributed by atoms with Crippen molar-refractivity contribution in [2.45, 2.75) is 20.5 Å². The van der Waals surface area contributed by atoms with Gasteiger partial charge in [0.2, 0.25) is 0 Å². The second-order valence-corrected chi connectivity index (χ2v) is 5.17. The Labute approximate surface area is 123 Å². The summed E-state index contributed by atoms with van der Waals surface area (Å²) in [6.45, 7) is 4.14. The molecule has 2 N–H and O–H groups in total. The topological polar surface area (TPSA) is 49.7 Å². The molecular weight excluding hydrogens is 274 g/mol. The molecule has 0 saturated heterocycles. The first-order chi connectivity index (χ1) is 9.49. The molecule has 0 spiro atoms. The predicted octanol–water partition coefficient (Wildman–Crippen LogP) is 2.22. The van der Waals surface area contributed by atoms with Crippen LogP contribution in [0.15, 0.2) is 36.4 Å². The summed E-state index contributed by atoms with van der Waals surface area (Å²) in [5.74, 6) is 0.775. The third kappa shape index (κ3) is 3.34. The van der Waals surface area contributed by atoms with Gasteiger partial charge in [-0.3, -0.25) is 0 Å². The quantitative estimate of drug-likeness (QED) is 0.849. The molecule has 0 fully saturated rings. The van der Waals surface area contributed by atoms with E-state index < -0.39 is 7.12 Å². The van der Waals surface area contributed by atoms with Gasteiger partial charge in [0.15, 0.2) is 0 Å². The monoisotopic (exact) mass is 290 g/mol. The molecule has 0 saturated carbocycles. The average molecular weight is 291 g/mol. The molecule has 0 aliphatic carbocycles. The summed E-state index contributed by atoms with van der Waals surface area (Å²) in [6.07, 6.45) is 0. The van der Waals surface area contributed by atoms with Crippen LogP contribution >= 0.6 is 11.6 Å². The van der Waals surface area contributed by atoms with Crippen molar-refractivity contribution in [3.05, 3.63) is 58.1 Å². The number of ether oxygens (including phenoxy) is 1. The highest BCUT2D eigenvalue weighted by Gasteiger charge is 2.16. The van der Waals surface area contributed by atoms with E-state index in [0.717, 1.165) is 22.4 Å². The van der Waals surface area contributed by atoms with Crippen LogP contribution in [0.5, 0.6) is 5.75 Å². The van der Waals surface area contributed by atoms with E-state index in [9.17, 15) is 10.0 Å². The van der Waals surface area contributed by atoms with E-state index in [2.05, 4.69) is 0 Å². The Morgan fingerprint density at radius 3 is 2.30 bits per heavy atom. The zero-order valence-electron chi connectivity index (χ0n) is 11.4. The van der Waals surface area contributed by atoms with Gasteiger partial charge in [-0.2, -0.15) is 0 Å². The fourth-order valence-electron chi connectivity index (χ4n) is 2.19.